The number of benzene rings is 2. The molecular weight excluding hydrogens is 271 g/mol. The maximum Gasteiger partial charge on any atom is 0.340 e. The molecule has 0 spiro atoms. The number of nitrogen functional groups attached to an aromatic ring is 1. The Kier molecular flexibility index (Phi) is 4.42. The zero-order valence-electron chi connectivity index (χ0n) is 11.9. The highest BCUT2D eigenvalue weighted by atomic mass is 19.1. The second kappa shape index (κ2) is 6.26. The normalized spacial score (nSPS) is 10.2. The van der Waals surface area contributed by atoms with Crippen LogP contribution < -0.4 is 11.1 Å². The summed E-state index contributed by atoms with van der Waals surface area (Å²) in [5.74, 6) is -0.896. The van der Waals surface area contributed by atoms with Gasteiger partial charge in [0.15, 0.2) is 0 Å². The largest absolute Gasteiger partial charge is 0.462 e. The standard InChI is InChI=1S/C16H17FN2O2/c1-3-21-16(20)12-9-11(18)5-7-14(12)19-15-8-10(2)4-6-13(15)17/h4-9,19H,3,18H2,1-2H3. The molecule has 0 aliphatic carbocycles. The third kappa shape index (κ3) is 3.51. The number of anilines is 3. The van der Waals surface area contributed by atoms with Crippen molar-refractivity contribution in [1.82, 2.24) is 0 Å². The van der Waals surface area contributed by atoms with Gasteiger partial charge in [0, 0.05) is 5.69 Å². The van der Waals surface area contributed by atoms with Gasteiger partial charge in [-0.3, -0.25) is 0 Å². The van der Waals surface area contributed by atoms with E-state index in [2.05, 4.69) is 5.32 Å². The SMILES string of the molecule is CCOC(=O)c1cc(N)ccc1Nc1cc(C)ccc1F. The van der Waals surface area contributed by atoms with E-state index in [9.17, 15) is 9.18 Å². The summed E-state index contributed by atoms with van der Waals surface area (Å²) in [6.07, 6.45) is 0. The van der Waals surface area contributed by atoms with Crippen LogP contribution in [-0.4, -0.2) is 12.6 Å². The van der Waals surface area contributed by atoms with Crippen LogP contribution in [0.15, 0.2) is 36.4 Å². The number of nitrogens with one attached hydrogen (secondary N) is 1. The van der Waals surface area contributed by atoms with Gasteiger partial charge in [0.2, 0.25) is 0 Å². The number of hydrogen-bond donors (Lipinski definition) is 2. The van der Waals surface area contributed by atoms with Crippen molar-refractivity contribution in [3.05, 3.63) is 53.3 Å². The molecule has 3 N–H and O–H groups in total. The fourth-order valence-corrected chi connectivity index (χ4v) is 1.93. The molecule has 5 heteroatoms. The number of ether oxygens (including phenoxy) is 1. The quantitative estimate of drug-likeness (QED) is 0.666. The zero-order valence-corrected chi connectivity index (χ0v) is 11.9. The lowest BCUT2D eigenvalue weighted by molar-refractivity contribution is 0.0527. The molecule has 0 aliphatic rings. The van der Waals surface area contributed by atoms with Gasteiger partial charge in [-0.05, 0) is 49.7 Å². The Balaban J connectivity index is 2.39. The second-order valence-electron chi connectivity index (χ2n) is 4.63. The summed E-state index contributed by atoms with van der Waals surface area (Å²) >= 11 is 0. The van der Waals surface area contributed by atoms with Crippen molar-refractivity contribution in [3.63, 3.8) is 0 Å². The van der Waals surface area contributed by atoms with Crippen LogP contribution in [0.1, 0.15) is 22.8 Å². The summed E-state index contributed by atoms with van der Waals surface area (Å²) in [5, 5.41) is 2.92. The van der Waals surface area contributed by atoms with Crippen molar-refractivity contribution in [2.75, 3.05) is 17.7 Å². The number of nitrogens with two attached hydrogens (primary N) is 1. The Morgan fingerprint density at radius 1 is 1.24 bits per heavy atom. The topological polar surface area (TPSA) is 64.3 Å². The Morgan fingerprint density at radius 3 is 2.71 bits per heavy atom. The molecule has 4 nitrogen and oxygen atoms in total. The van der Waals surface area contributed by atoms with E-state index in [4.69, 9.17) is 10.5 Å². The number of carbonyl (C=O) groups is 1. The van der Waals surface area contributed by atoms with Gasteiger partial charge < -0.3 is 15.8 Å². The van der Waals surface area contributed by atoms with Gasteiger partial charge in [0.05, 0.1) is 23.5 Å². The van der Waals surface area contributed by atoms with Crippen LogP contribution in [0.3, 0.4) is 0 Å². The molecule has 0 unspecified atom stereocenters. The molecule has 0 saturated heterocycles. The van der Waals surface area contributed by atoms with E-state index in [1.807, 2.05) is 6.92 Å². The average molecular weight is 288 g/mol. The molecule has 0 radical (unpaired) electrons. The number of aryl methyl sites for hydroxylation is 1. The second-order valence-corrected chi connectivity index (χ2v) is 4.63. The van der Waals surface area contributed by atoms with Crippen LogP contribution in [-0.2, 0) is 4.74 Å². The molecule has 0 atom stereocenters. The van der Waals surface area contributed by atoms with Crippen LogP contribution in [0.25, 0.3) is 0 Å². The smallest absolute Gasteiger partial charge is 0.340 e. The lowest BCUT2D eigenvalue weighted by Crippen LogP contribution is -2.09. The van der Waals surface area contributed by atoms with Crippen molar-refractivity contribution in [3.8, 4) is 0 Å². The minimum atomic E-state index is -0.500. The summed E-state index contributed by atoms with van der Waals surface area (Å²) in [5.41, 5.74) is 8.07. The molecule has 0 fully saturated rings. The molecule has 0 bridgehead atoms. The highest BCUT2D eigenvalue weighted by molar-refractivity contribution is 5.97. The van der Waals surface area contributed by atoms with Gasteiger partial charge >= 0.3 is 5.97 Å². The Bertz CT molecular complexity index is 671. The fourth-order valence-electron chi connectivity index (χ4n) is 1.93. The van der Waals surface area contributed by atoms with E-state index >= 15 is 0 Å². The number of rotatable bonds is 4. The van der Waals surface area contributed by atoms with Crippen LogP contribution in [0.2, 0.25) is 0 Å². The van der Waals surface area contributed by atoms with Crippen molar-refractivity contribution in [2.24, 2.45) is 0 Å². The predicted molar refractivity (Wildman–Crippen MR) is 81.2 cm³/mol. The molecule has 21 heavy (non-hydrogen) atoms. The van der Waals surface area contributed by atoms with Gasteiger partial charge in [0.1, 0.15) is 5.82 Å². The van der Waals surface area contributed by atoms with E-state index in [0.29, 0.717) is 17.1 Å². The van der Waals surface area contributed by atoms with E-state index in [1.54, 1.807) is 31.2 Å². The molecule has 2 aromatic rings. The van der Waals surface area contributed by atoms with Crippen LogP contribution in [0.4, 0.5) is 21.5 Å². The fraction of sp³-hybridized carbons (Fsp3) is 0.188. The molecule has 0 aromatic heterocycles. The van der Waals surface area contributed by atoms with Gasteiger partial charge in [-0.25, -0.2) is 9.18 Å². The van der Waals surface area contributed by atoms with Crippen LogP contribution >= 0.6 is 0 Å². The summed E-state index contributed by atoms with van der Waals surface area (Å²) in [7, 11) is 0. The monoisotopic (exact) mass is 288 g/mol. The van der Waals surface area contributed by atoms with Crippen molar-refractivity contribution in [2.45, 2.75) is 13.8 Å². The summed E-state index contributed by atoms with van der Waals surface area (Å²) in [4.78, 5) is 11.9. The first-order valence-corrected chi connectivity index (χ1v) is 6.61. The van der Waals surface area contributed by atoms with E-state index in [-0.39, 0.29) is 12.2 Å². The number of hydrogen-bond acceptors (Lipinski definition) is 4. The van der Waals surface area contributed by atoms with Gasteiger partial charge in [-0.15, -0.1) is 0 Å². The van der Waals surface area contributed by atoms with Crippen molar-refractivity contribution in [1.29, 1.82) is 0 Å². The van der Waals surface area contributed by atoms with Crippen LogP contribution in [0.5, 0.6) is 0 Å². The zero-order chi connectivity index (χ0) is 15.4. The van der Waals surface area contributed by atoms with E-state index in [1.165, 1.54) is 12.1 Å². The first kappa shape index (κ1) is 14.8. The third-order valence-electron chi connectivity index (χ3n) is 2.93. The van der Waals surface area contributed by atoms with Gasteiger partial charge in [0.25, 0.3) is 0 Å². The molecule has 0 saturated carbocycles. The maximum atomic E-state index is 13.8. The maximum absolute atomic E-state index is 13.8. The average Bonchev–Trinajstić information content (AvgIpc) is 2.45. The summed E-state index contributed by atoms with van der Waals surface area (Å²) in [6.45, 7) is 3.84. The molecule has 2 rings (SSSR count). The van der Waals surface area contributed by atoms with Gasteiger partial charge in [-0.2, -0.15) is 0 Å². The highest BCUT2D eigenvalue weighted by Crippen LogP contribution is 2.26. The van der Waals surface area contributed by atoms with Crippen molar-refractivity contribution >= 4 is 23.0 Å². The Labute approximate surface area is 122 Å². The first-order valence-electron chi connectivity index (χ1n) is 6.61. The Morgan fingerprint density at radius 2 is 2.00 bits per heavy atom. The molecule has 110 valence electrons. The number of halogens is 1. The predicted octanol–water partition coefficient (Wildman–Crippen LogP) is 3.64. The summed E-state index contributed by atoms with van der Waals surface area (Å²) < 4.78 is 18.8. The Hall–Kier alpha value is -2.56. The number of esters is 1. The van der Waals surface area contributed by atoms with Gasteiger partial charge in [-0.1, -0.05) is 6.07 Å². The van der Waals surface area contributed by atoms with Crippen LogP contribution in [0, 0.1) is 12.7 Å². The van der Waals surface area contributed by atoms with Crippen molar-refractivity contribution < 1.29 is 13.9 Å². The molecular formula is C16H17FN2O2. The minimum absolute atomic E-state index is 0.256. The molecule has 0 heterocycles. The summed E-state index contributed by atoms with van der Waals surface area (Å²) in [6, 6.07) is 9.49. The molecule has 0 aliphatic heterocycles. The van der Waals surface area contributed by atoms with E-state index < -0.39 is 11.8 Å². The lowest BCUT2D eigenvalue weighted by atomic mass is 10.1. The molecule has 0 amide bonds. The highest BCUT2D eigenvalue weighted by Gasteiger charge is 2.14. The first-order chi connectivity index (χ1) is 10.0. The minimum Gasteiger partial charge on any atom is -0.462 e. The molecule has 2 aromatic carbocycles. The third-order valence-corrected chi connectivity index (χ3v) is 2.93. The van der Waals surface area contributed by atoms with E-state index in [0.717, 1.165) is 5.56 Å². The lowest BCUT2D eigenvalue weighted by Gasteiger charge is -2.13. The number of carbonyl (C=O) groups excluding carboxylic acids is 1.